The molecular formula is C18H21NO4. The van der Waals surface area contributed by atoms with E-state index >= 15 is 0 Å². The molecule has 0 fully saturated rings. The lowest BCUT2D eigenvalue weighted by Crippen LogP contribution is -2.26. The second-order valence-electron chi connectivity index (χ2n) is 5.38. The summed E-state index contributed by atoms with van der Waals surface area (Å²) in [5, 5.41) is 9.91. The predicted molar refractivity (Wildman–Crippen MR) is 87.4 cm³/mol. The lowest BCUT2D eigenvalue weighted by atomic mass is 10.0. The van der Waals surface area contributed by atoms with Gasteiger partial charge in [-0.3, -0.25) is 4.79 Å². The van der Waals surface area contributed by atoms with Crippen LogP contribution in [0.1, 0.15) is 32.3 Å². The minimum atomic E-state index is -0.545. The Balaban J connectivity index is 2.50. The molecule has 0 bridgehead atoms. The molecule has 0 aromatic heterocycles. The zero-order valence-corrected chi connectivity index (χ0v) is 13.6. The maximum absolute atomic E-state index is 12.7. The number of benzene rings is 1. The number of esters is 1. The Morgan fingerprint density at radius 2 is 2.04 bits per heavy atom. The Bertz CT molecular complexity index is 688. The van der Waals surface area contributed by atoms with Gasteiger partial charge in [0.1, 0.15) is 5.75 Å². The van der Waals surface area contributed by atoms with Crippen molar-refractivity contribution in [3.8, 4) is 5.75 Å². The highest BCUT2D eigenvalue weighted by atomic mass is 16.5. The summed E-state index contributed by atoms with van der Waals surface area (Å²) in [6.07, 6.45) is 3.34. The first-order valence-electron chi connectivity index (χ1n) is 7.62. The predicted octanol–water partition coefficient (Wildman–Crippen LogP) is 2.86. The van der Waals surface area contributed by atoms with Crippen LogP contribution in [-0.4, -0.2) is 35.5 Å². The van der Waals surface area contributed by atoms with E-state index < -0.39 is 5.97 Å². The Hall–Kier alpha value is -2.56. The maximum Gasteiger partial charge on any atom is 0.340 e. The minimum Gasteiger partial charge on any atom is -0.507 e. The molecule has 1 aliphatic heterocycles. The van der Waals surface area contributed by atoms with Crippen molar-refractivity contribution in [3.63, 3.8) is 0 Å². The largest absolute Gasteiger partial charge is 0.507 e. The second-order valence-corrected chi connectivity index (χ2v) is 5.38. The van der Waals surface area contributed by atoms with Crippen molar-refractivity contribution >= 4 is 18.0 Å². The van der Waals surface area contributed by atoms with Gasteiger partial charge in [-0.25, -0.2) is 4.79 Å². The van der Waals surface area contributed by atoms with E-state index in [4.69, 9.17) is 4.74 Å². The third-order valence-electron chi connectivity index (χ3n) is 3.87. The lowest BCUT2D eigenvalue weighted by Gasteiger charge is -2.17. The number of carbonyl (C=O) groups excluding carboxylic acids is 2. The van der Waals surface area contributed by atoms with Gasteiger partial charge in [0.15, 0.2) is 0 Å². The van der Waals surface area contributed by atoms with E-state index in [9.17, 15) is 14.7 Å². The van der Waals surface area contributed by atoms with Gasteiger partial charge in [-0.05, 0) is 25.5 Å². The molecule has 0 saturated heterocycles. The Kier molecular flexibility index (Phi) is 5.21. The number of unbranched alkanes of at least 4 members (excludes halogenated alkanes) is 1. The summed E-state index contributed by atoms with van der Waals surface area (Å²) in [4.78, 5) is 26.4. The number of hydrogen-bond donors (Lipinski definition) is 1. The highest BCUT2D eigenvalue weighted by Gasteiger charge is 2.36. The van der Waals surface area contributed by atoms with Crippen LogP contribution in [0.25, 0.3) is 6.08 Å². The van der Waals surface area contributed by atoms with Gasteiger partial charge < -0.3 is 14.7 Å². The molecule has 0 saturated carbocycles. The monoisotopic (exact) mass is 315 g/mol. The molecule has 0 radical (unpaired) electrons. The Morgan fingerprint density at radius 3 is 2.65 bits per heavy atom. The summed E-state index contributed by atoms with van der Waals surface area (Å²) in [6.45, 7) is 4.34. The van der Waals surface area contributed by atoms with Gasteiger partial charge in [-0.2, -0.15) is 0 Å². The summed E-state index contributed by atoms with van der Waals surface area (Å²) in [7, 11) is 1.29. The number of phenolic OH excluding ortho intramolecular Hbond substituents is 1. The second kappa shape index (κ2) is 7.13. The van der Waals surface area contributed by atoms with Crippen molar-refractivity contribution < 1.29 is 19.4 Å². The minimum absolute atomic E-state index is 0.0571. The van der Waals surface area contributed by atoms with E-state index in [2.05, 4.69) is 0 Å². The number of phenols is 1. The van der Waals surface area contributed by atoms with Gasteiger partial charge in [-0.1, -0.05) is 31.5 Å². The lowest BCUT2D eigenvalue weighted by molar-refractivity contribution is -0.136. The normalized spacial score (nSPS) is 16.4. The topological polar surface area (TPSA) is 66.8 Å². The van der Waals surface area contributed by atoms with Crippen LogP contribution in [0.2, 0.25) is 0 Å². The summed E-state index contributed by atoms with van der Waals surface area (Å²) in [5.74, 6) is -0.724. The van der Waals surface area contributed by atoms with Gasteiger partial charge in [-0.15, -0.1) is 0 Å². The summed E-state index contributed by atoms with van der Waals surface area (Å²) in [6, 6.07) is 6.68. The van der Waals surface area contributed by atoms with Gasteiger partial charge in [0, 0.05) is 17.8 Å². The molecule has 0 atom stereocenters. The van der Waals surface area contributed by atoms with E-state index in [0.717, 1.165) is 12.8 Å². The smallest absolute Gasteiger partial charge is 0.340 e. The molecule has 122 valence electrons. The highest BCUT2D eigenvalue weighted by molar-refractivity contribution is 6.16. The van der Waals surface area contributed by atoms with Crippen LogP contribution < -0.4 is 0 Å². The number of carbonyl (C=O) groups is 2. The molecule has 1 aromatic carbocycles. The van der Waals surface area contributed by atoms with E-state index in [1.54, 1.807) is 36.1 Å². The number of rotatable bonds is 5. The zero-order valence-electron chi connectivity index (χ0n) is 13.6. The number of aromatic hydroxyl groups is 1. The number of hydrogen-bond acceptors (Lipinski definition) is 4. The molecule has 0 aliphatic carbocycles. The number of amides is 1. The maximum atomic E-state index is 12.7. The van der Waals surface area contributed by atoms with E-state index in [1.165, 1.54) is 13.2 Å². The molecule has 5 heteroatoms. The standard InChI is InChI=1S/C18H21NO4/c1-4-5-10-19-12(2)16(18(22)23-3)14(17(19)21)11-13-8-6-7-9-15(13)20/h6-9,11,20H,4-5,10H2,1-3H3. The first kappa shape index (κ1) is 16.8. The Labute approximate surface area is 135 Å². The van der Waals surface area contributed by atoms with Crippen molar-refractivity contribution in [2.75, 3.05) is 13.7 Å². The quantitative estimate of drug-likeness (QED) is 0.670. The third-order valence-corrected chi connectivity index (χ3v) is 3.87. The van der Waals surface area contributed by atoms with E-state index in [0.29, 0.717) is 17.8 Å². The number of para-hydroxylation sites is 1. The molecule has 1 aliphatic rings. The molecular weight excluding hydrogens is 294 g/mol. The first-order valence-corrected chi connectivity index (χ1v) is 7.62. The van der Waals surface area contributed by atoms with Gasteiger partial charge in [0.05, 0.1) is 18.3 Å². The van der Waals surface area contributed by atoms with Crippen LogP contribution >= 0.6 is 0 Å². The fraction of sp³-hybridized carbons (Fsp3) is 0.333. The first-order chi connectivity index (χ1) is 11.0. The number of allylic oxidation sites excluding steroid dienone is 1. The van der Waals surface area contributed by atoms with Crippen molar-refractivity contribution in [1.82, 2.24) is 4.90 Å². The molecule has 1 aromatic rings. The van der Waals surface area contributed by atoms with Crippen LogP contribution in [-0.2, 0) is 14.3 Å². The molecule has 1 heterocycles. The molecule has 0 unspecified atom stereocenters. The highest BCUT2D eigenvalue weighted by Crippen LogP contribution is 2.33. The van der Waals surface area contributed by atoms with Crippen molar-refractivity contribution in [2.45, 2.75) is 26.7 Å². The zero-order chi connectivity index (χ0) is 17.0. The van der Waals surface area contributed by atoms with Crippen molar-refractivity contribution in [1.29, 1.82) is 0 Å². The van der Waals surface area contributed by atoms with Crippen molar-refractivity contribution in [3.05, 3.63) is 46.7 Å². The van der Waals surface area contributed by atoms with E-state index in [-0.39, 0.29) is 22.8 Å². The van der Waals surface area contributed by atoms with Crippen LogP contribution in [0.5, 0.6) is 5.75 Å². The average Bonchev–Trinajstić information content (AvgIpc) is 2.77. The SMILES string of the molecule is CCCCN1C(=O)C(=Cc2ccccc2O)C(C(=O)OC)=C1C. The van der Waals surface area contributed by atoms with E-state index in [1.807, 2.05) is 6.92 Å². The molecule has 2 rings (SSSR count). The summed E-state index contributed by atoms with van der Waals surface area (Å²) < 4.78 is 4.82. The van der Waals surface area contributed by atoms with Crippen LogP contribution in [0.15, 0.2) is 41.1 Å². The molecule has 1 amide bonds. The van der Waals surface area contributed by atoms with Crippen LogP contribution in [0, 0.1) is 0 Å². The van der Waals surface area contributed by atoms with Gasteiger partial charge in [0.25, 0.3) is 5.91 Å². The average molecular weight is 315 g/mol. The third kappa shape index (κ3) is 3.28. The Morgan fingerprint density at radius 1 is 1.35 bits per heavy atom. The van der Waals surface area contributed by atoms with Crippen LogP contribution in [0.3, 0.4) is 0 Å². The number of ether oxygens (including phenoxy) is 1. The molecule has 1 N–H and O–H groups in total. The fourth-order valence-corrected chi connectivity index (χ4v) is 2.58. The molecule has 5 nitrogen and oxygen atoms in total. The fourth-order valence-electron chi connectivity index (χ4n) is 2.58. The molecule has 0 spiro atoms. The number of methoxy groups -OCH3 is 1. The number of nitrogens with zero attached hydrogens (tertiary/aromatic N) is 1. The summed E-state index contributed by atoms with van der Waals surface area (Å²) >= 11 is 0. The van der Waals surface area contributed by atoms with Gasteiger partial charge in [0.2, 0.25) is 0 Å². The summed E-state index contributed by atoms with van der Waals surface area (Å²) in [5.41, 5.74) is 1.60. The van der Waals surface area contributed by atoms with Crippen LogP contribution in [0.4, 0.5) is 0 Å². The van der Waals surface area contributed by atoms with Crippen molar-refractivity contribution in [2.24, 2.45) is 0 Å². The van der Waals surface area contributed by atoms with Gasteiger partial charge >= 0.3 is 5.97 Å². The molecule has 23 heavy (non-hydrogen) atoms.